The van der Waals surface area contributed by atoms with Crippen molar-refractivity contribution in [2.45, 2.75) is 43.2 Å². The SMILES string of the molecule is CC(N)C1CCCCN1S(=O)(=O)c1cc(Cl)cnc1N.Cl. The molecule has 0 bridgehead atoms. The predicted octanol–water partition coefficient (Wildman–Crippen LogP) is 1.63. The van der Waals surface area contributed by atoms with Crippen LogP contribution in [-0.2, 0) is 10.0 Å². The summed E-state index contributed by atoms with van der Waals surface area (Å²) in [5, 5.41) is 0.243. The molecule has 1 fully saturated rings. The van der Waals surface area contributed by atoms with E-state index >= 15 is 0 Å². The number of rotatable bonds is 3. The van der Waals surface area contributed by atoms with Gasteiger partial charge in [-0.05, 0) is 25.8 Å². The van der Waals surface area contributed by atoms with Crippen molar-refractivity contribution in [3.8, 4) is 0 Å². The maximum absolute atomic E-state index is 12.8. The van der Waals surface area contributed by atoms with E-state index in [9.17, 15) is 8.42 Å². The first-order chi connectivity index (χ1) is 9.34. The van der Waals surface area contributed by atoms with Gasteiger partial charge in [-0.15, -0.1) is 12.4 Å². The molecule has 2 rings (SSSR count). The first-order valence-electron chi connectivity index (χ1n) is 6.52. The maximum atomic E-state index is 12.8. The van der Waals surface area contributed by atoms with Crippen LogP contribution in [0.2, 0.25) is 5.02 Å². The van der Waals surface area contributed by atoms with Crippen molar-refractivity contribution in [1.29, 1.82) is 0 Å². The molecule has 9 heteroatoms. The fourth-order valence-electron chi connectivity index (χ4n) is 2.52. The van der Waals surface area contributed by atoms with Gasteiger partial charge in [-0.25, -0.2) is 13.4 Å². The van der Waals surface area contributed by atoms with Crippen molar-refractivity contribution in [3.63, 3.8) is 0 Å². The predicted molar refractivity (Wildman–Crippen MR) is 86.1 cm³/mol. The van der Waals surface area contributed by atoms with Crippen LogP contribution in [0, 0.1) is 0 Å². The Bertz CT molecular complexity index is 595. The van der Waals surface area contributed by atoms with Crippen molar-refractivity contribution in [2.75, 3.05) is 12.3 Å². The summed E-state index contributed by atoms with van der Waals surface area (Å²) < 4.78 is 27.0. The number of anilines is 1. The van der Waals surface area contributed by atoms with Gasteiger partial charge in [0.15, 0.2) is 0 Å². The van der Waals surface area contributed by atoms with Gasteiger partial charge in [-0.1, -0.05) is 18.0 Å². The Morgan fingerprint density at radius 2 is 2.14 bits per heavy atom. The minimum atomic E-state index is -3.73. The summed E-state index contributed by atoms with van der Waals surface area (Å²) in [6.45, 7) is 2.26. The molecule has 1 aliphatic heterocycles. The maximum Gasteiger partial charge on any atom is 0.247 e. The fourth-order valence-corrected chi connectivity index (χ4v) is 4.61. The van der Waals surface area contributed by atoms with Crippen molar-refractivity contribution in [3.05, 3.63) is 17.3 Å². The van der Waals surface area contributed by atoms with Crippen LogP contribution in [0.4, 0.5) is 5.82 Å². The summed E-state index contributed by atoms with van der Waals surface area (Å²) in [7, 11) is -3.73. The third kappa shape index (κ3) is 3.78. The molecule has 0 amide bonds. The van der Waals surface area contributed by atoms with Gasteiger partial charge in [-0.2, -0.15) is 4.31 Å². The summed E-state index contributed by atoms with van der Waals surface area (Å²) in [6.07, 6.45) is 3.87. The number of nitrogens with two attached hydrogens (primary N) is 2. The number of halogens is 2. The van der Waals surface area contributed by atoms with Crippen molar-refractivity contribution in [1.82, 2.24) is 9.29 Å². The van der Waals surface area contributed by atoms with Crippen LogP contribution in [-0.4, -0.2) is 36.3 Å². The van der Waals surface area contributed by atoms with Crippen LogP contribution in [0.25, 0.3) is 0 Å². The molecule has 2 heterocycles. The number of hydrogen-bond acceptors (Lipinski definition) is 5. The van der Waals surface area contributed by atoms with E-state index in [0.717, 1.165) is 19.3 Å². The molecular weight excluding hydrogens is 335 g/mol. The zero-order valence-electron chi connectivity index (χ0n) is 11.7. The number of hydrogen-bond donors (Lipinski definition) is 2. The van der Waals surface area contributed by atoms with E-state index in [2.05, 4.69) is 4.98 Å². The minimum absolute atomic E-state index is 0. The molecule has 0 aromatic carbocycles. The van der Waals surface area contributed by atoms with E-state index in [4.69, 9.17) is 23.1 Å². The molecule has 0 spiro atoms. The van der Waals surface area contributed by atoms with Crippen molar-refractivity contribution < 1.29 is 8.42 Å². The average Bonchev–Trinajstić information content (AvgIpc) is 2.41. The molecule has 0 radical (unpaired) electrons. The lowest BCUT2D eigenvalue weighted by atomic mass is 10.00. The van der Waals surface area contributed by atoms with E-state index in [0.29, 0.717) is 6.54 Å². The van der Waals surface area contributed by atoms with Crippen LogP contribution >= 0.6 is 24.0 Å². The Kier molecular flexibility index (Phi) is 6.24. The van der Waals surface area contributed by atoms with E-state index in [-0.39, 0.29) is 40.2 Å². The summed E-state index contributed by atoms with van der Waals surface area (Å²) in [4.78, 5) is 3.77. The smallest absolute Gasteiger partial charge is 0.247 e. The largest absolute Gasteiger partial charge is 0.383 e. The normalized spacial score (nSPS) is 21.6. The topological polar surface area (TPSA) is 102 Å². The van der Waals surface area contributed by atoms with Gasteiger partial charge in [0.25, 0.3) is 0 Å². The number of piperidine rings is 1. The lowest BCUT2D eigenvalue weighted by Crippen LogP contribution is -2.51. The van der Waals surface area contributed by atoms with Crippen LogP contribution in [0.3, 0.4) is 0 Å². The molecule has 0 saturated carbocycles. The van der Waals surface area contributed by atoms with Gasteiger partial charge in [0.1, 0.15) is 10.7 Å². The third-order valence-electron chi connectivity index (χ3n) is 3.54. The average molecular weight is 355 g/mol. The summed E-state index contributed by atoms with van der Waals surface area (Å²) in [6, 6.07) is 0.886. The van der Waals surface area contributed by atoms with Crippen LogP contribution in [0.1, 0.15) is 26.2 Å². The molecule has 1 saturated heterocycles. The second-order valence-corrected chi connectivity index (χ2v) is 7.37. The number of nitrogen functional groups attached to an aromatic ring is 1. The number of pyridine rings is 1. The summed E-state index contributed by atoms with van der Waals surface area (Å²) >= 11 is 5.84. The number of sulfonamides is 1. The van der Waals surface area contributed by atoms with E-state index < -0.39 is 10.0 Å². The Balaban J connectivity index is 0.00000220. The second kappa shape index (κ2) is 7.11. The van der Waals surface area contributed by atoms with Crippen LogP contribution < -0.4 is 11.5 Å². The quantitative estimate of drug-likeness (QED) is 0.858. The summed E-state index contributed by atoms with van der Waals surface area (Å²) in [5.74, 6) is -0.0385. The fraction of sp³-hybridized carbons (Fsp3) is 0.583. The van der Waals surface area contributed by atoms with Gasteiger partial charge < -0.3 is 11.5 Å². The highest BCUT2D eigenvalue weighted by atomic mass is 35.5. The molecule has 0 aliphatic carbocycles. The van der Waals surface area contributed by atoms with Gasteiger partial charge in [0.05, 0.1) is 5.02 Å². The molecule has 2 atom stereocenters. The molecule has 120 valence electrons. The molecule has 1 aliphatic rings. The van der Waals surface area contributed by atoms with Crippen LogP contribution in [0.5, 0.6) is 0 Å². The molecule has 2 unspecified atom stereocenters. The molecule has 4 N–H and O–H groups in total. The lowest BCUT2D eigenvalue weighted by Gasteiger charge is -2.36. The third-order valence-corrected chi connectivity index (χ3v) is 5.70. The van der Waals surface area contributed by atoms with E-state index in [1.807, 2.05) is 6.92 Å². The van der Waals surface area contributed by atoms with E-state index in [1.54, 1.807) is 0 Å². The summed E-state index contributed by atoms with van der Waals surface area (Å²) in [5.41, 5.74) is 11.6. The Hall–Kier alpha value is -0.600. The van der Waals surface area contributed by atoms with Gasteiger partial charge in [0, 0.05) is 24.8 Å². The zero-order valence-corrected chi connectivity index (χ0v) is 14.1. The Morgan fingerprint density at radius 1 is 1.48 bits per heavy atom. The second-order valence-electron chi connectivity index (χ2n) is 5.07. The standard InChI is InChI=1S/C12H19ClN4O2S.ClH/c1-8(14)10-4-2-3-5-17(10)20(18,19)11-6-9(13)7-16-12(11)15;/h6-8,10H,2-5,14H2,1H3,(H2,15,16);1H. The minimum Gasteiger partial charge on any atom is -0.383 e. The number of nitrogens with zero attached hydrogens (tertiary/aromatic N) is 2. The highest BCUT2D eigenvalue weighted by Gasteiger charge is 2.36. The molecule has 1 aromatic heterocycles. The molecular formula is C12H20Cl2N4O2S. The zero-order chi connectivity index (χ0) is 14.9. The van der Waals surface area contributed by atoms with Gasteiger partial charge in [-0.3, -0.25) is 0 Å². The Labute approximate surface area is 136 Å². The van der Waals surface area contributed by atoms with Gasteiger partial charge >= 0.3 is 0 Å². The molecule has 6 nitrogen and oxygen atoms in total. The molecule has 1 aromatic rings. The Morgan fingerprint density at radius 3 is 2.76 bits per heavy atom. The van der Waals surface area contributed by atoms with Crippen molar-refractivity contribution in [2.24, 2.45) is 5.73 Å². The highest BCUT2D eigenvalue weighted by molar-refractivity contribution is 7.89. The van der Waals surface area contributed by atoms with Crippen molar-refractivity contribution >= 4 is 39.8 Å². The first kappa shape index (κ1) is 18.4. The van der Waals surface area contributed by atoms with E-state index in [1.165, 1.54) is 16.6 Å². The van der Waals surface area contributed by atoms with Crippen LogP contribution in [0.15, 0.2) is 17.2 Å². The molecule has 21 heavy (non-hydrogen) atoms. The number of aromatic nitrogens is 1. The monoisotopic (exact) mass is 354 g/mol. The first-order valence-corrected chi connectivity index (χ1v) is 8.34. The lowest BCUT2D eigenvalue weighted by molar-refractivity contribution is 0.227. The highest BCUT2D eigenvalue weighted by Crippen LogP contribution is 2.29. The van der Waals surface area contributed by atoms with Gasteiger partial charge in [0.2, 0.25) is 10.0 Å².